The Kier molecular flexibility index (Phi) is 8.82. The summed E-state index contributed by atoms with van der Waals surface area (Å²) in [5.74, 6) is -0.785. The van der Waals surface area contributed by atoms with Crippen LogP contribution in [0.2, 0.25) is 0 Å². The Bertz CT molecular complexity index is 449. The molecule has 0 unspecified atom stereocenters. The van der Waals surface area contributed by atoms with E-state index in [0.29, 0.717) is 5.57 Å². The van der Waals surface area contributed by atoms with Crippen LogP contribution < -0.4 is 5.32 Å². The zero-order valence-electron chi connectivity index (χ0n) is 11.9. The Morgan fingerprint density at radius 3 is 2.20 bits per heavy atom. The van der Waals surface area contributed by atoms with E-state index in [2.05, 4.69) is 5.32 Å². The van der Waals surface area contributed by atoms with Gasteiger partial charge in [-0.1, -0.05) is 18.4 Å². The van der Waals surface area contributed by atoms with Crippen LogP contribution in [-0.2, 0) is 42.3 Å². The first-order valence-electron chi connectivity index (χ1n) is 6.39. The fourth-order valence-electron chi connectivity index (χ4n) is 2.31. The molecule has 6 heteroatoms. The maximum Gasteiger partial charge on any atom is 0.255 e. The van der Waals surface area contributed by atoms with Crippen molar-refractivity contribution in [2.45, 2.75) is 45.6 Å². The third-order valence-corrected chi connectivity index (χ3v) is 3.37. The number of Topliss-reactive ketones (excluding diaryl/α,β-unsaturated/α-hetero) is 1. The summed E-state index contributed by atoms with van der Waals surface area (Å²) in [6.45, 7) is 2.87. The van der Waals surface area contributed by atoms with Crippen LogP contribution in [0.25, 0.3) is 11.1 Å². The maximum absolute atomic E-state index is 12.1. The quantitative estimate of drug-likeness (QED) is 0.271. The molecule has 0 aromatic heterocycles. The van der Waals surface area contributed by atoms with Crippen molar-refractivity contribution in [1.82, 2.24) is 5.32 Å². The summed E-state index contributed by atoms with van der Waals surface area (Å²) in [7, 11) is 0. The van der Waals surface area contributed by atoms with Crippen molar-refractivity contribution in [3.63, 3.8) is 0 Å². The standard InChI is InChI=1S/C14H20N3O2.Y/c1-9(11(7-15)8-16)13(10(2)18)14(19)17-12-5-3-4-6-12;/h7-8,12H,3-6H2,1-2H3,(H3-,15,16,17,18,19);/q-1;/p-1. The molecule has 1 aliphatic rings. The number of nitrogens with one attached hydrogen (secondary N) is 2. The summed E-state index contributed by atoms with van der Waals surface area (Å²) in [5.41, 5.74) is 7.65. The van der Waals surface area contributed by atoms with Crippen molar-refractivity contribution in [3.8, 4) is 0 Å². The summed E-state index contributed by atoms with van der Waals surface area (Å²) in [6, 6.07) is 0.121. The number of carbonyl (C=O) groups excluding carboxylic acids is 2. The number of hydrogen-bond acceptors (Lipinski definition) is 2. The molecule has 1 rings (SSSR count). The Labute approximate surface area is 144 Å². The first-order valence-corrected chi connectivity index (χ1v) is 6.39. The number of rotatable bonds is 5. The summed E-state index contributed by atoms with van der Waals surface area (Å²) >= 11 is 0. The normalized spacial score (nSPS) is 17.0. The average Bonchev–Trinajstić information content (AvgIpc) is 2.83. The molecule has 0 heterocycles. The first-order chi connectivity index (χ1) is 9.01. The van der Waals surface area contributed by atoms with E-state index in [1.54, 1.807) is 6.92 Å². The van der Waals surface area contributed by atoms with Gasteiger partial charge in [-0.2, -0.15) is 12.4 Å². The van der Waals surface area contributed by atoms with Gasteiger partial charge in [0.15, 0.2) is 5.78 Å². The minimum Gasteiger partial charge on any atom is -0.810 e. The molecule has 0 saturated heterocycles. The molecule has 1 radical (unpaired) electrons. The van der Waals surface area contributed by atoms with Gasteiger partial charge in [0.25, 0.3) is 5.91 Å². The van der Waals surface area contributed by atoms with Crippen LogP contribution in [0, 0.1) is 0 Å². The molecule has 0 aliphatic heterocycles. The molecule has 5 nitrogen and oxygen atoms in total. The second-order valence-corrected chi connectivity index (χ2v) is 4.74. The molecule has 0 bridgehead atoms. The summed E-state index contributed by atoms with van der Waals surface area (Å²) in [4.78, 5) is 23.8. The Morgan fingerprint density at radius 2 is 1.80 bits per heavy atom. The molecule has 107 valence electrons. The Balaban J connectivity index is 0.00000361. The zero-order valence-corrected chi connectivity index (χ0v) is 14.7. The van der Waals surface area contributed by atoms with Crippen LogP contribution in [0.4, 0.5) is 0 Å². The van der Waals surface area contributed by atoms with Gasteiger partial charge in [0, 0.05) is 38.8 Å². The molecule has 0 atom stereocenters. The third kappa shape index (κ3) is 4.95. The van der Waals surface area contributed by atoms with Gasteiger partial charge >= 0.3 is 0 Å². The van der Waals surface area contributed by atoms with E-state index in [9.17, 15) is 9.59 Å². The largest absolute Gasteiger partial charge is 0.810 e. The van der Waals surface area contributed by atoms with Crippen LogP contribution in [0.15, 0.2) is 22.9 Å². The van der Waals surface area contributed by atoms with Gasteiger partial charge in [-0.15, -0.1) is 0 Å². The number of hydrogen-bond donors (Lipinski definition) is 1. The van der Waals surface area contributed by atoms with Gasteiger partial charge in [0.1, 0.15) is 0 Å². The van der Waals surface area contributed by atoms with Crippen LogP contribution in [0.5, 0.6) is 0 Å². The van der Waals surface area contributed by atoms with Crippen LogP contribution >= 0.6 is 0 Å². The SMILES string of the molecule is CC(=O)/C(C(=O)NC1CCCC1)=C(C)/C(C=[N-])=C/[NH-].[Y]. The molecule has 0 aromatic rings. The van der Waals surface area contributed by atoms with Gasteiger partial charge in [-0.25, -0.2) is 0 Å². The van der Waals surface area contributed by atoms with E-state index in [1.165, 1.54) is 6.92 Å². The Morgan fingerprint density at radius 1 is 1.25 bits per heavy atom. The van der Waals surface area contributed by atoms with Gasteiger partial charge in [-0.05, 0) is 32.3 Å². The summed E-state index contributed by atoms with van der Waals surface area (Å²) in [5, 5.41) is 11.8. The maximum atomic E-state index is 12.1. The second kappa shape index (κ2) is 9.19. The molecule has 1 saturated carbocycles. The molecule has 1 fully saturated rings. The van der Waals surface area contributed by atoms with E-state index in [4.69, 9.17) is 11.1 Å². The van der Waals surface area contributed by atoms with Crippen LogP contribution in [0.1, 0.15) is 39.5 Å². The van der Waals surface area contributed by atoms with Crippen molar-refractivity contribution in [1.29, 1.82) is 0 Å². The Hall–Kier alpha value is -0.806. The minimum absolute atomic E-state index is 0. The van der Waals surface area contributed by atoms with Crippen molar-refractivity contribution >= 4 is 17.9 Å². The van der Waals surface area contributed by atoms with Crippen LogP contribution in [-0.4, -0.2) is 23.9 Å². The van der Waals surface area contributed by atoms with Gasteiger partial charge in [0.05, 0.1) is 5.57 Å². The van der Waals surface area contributed by atoms with Gasteiger partial charge < -0.3 is 16.5 Å². The molecule has 1 amide bonds. The van der Waals surface area contributed by atoms with Crippen molar-refractivity contribution in [3.05, 3.63) is 34.1 Å². The third-order valence-electron chi connectivity index (χ3n) is 3.37. The predicted octanol–water partition coefficient (Wildman–Crippen LogP) is 2.52. The van der Waals surface area contributed by atoms with Crippen LogP contribution in [0.3, 0.4) is 0 Å². The monoisotopic (exact) mass is 350 g/mol. The fourth-order valence-corrected chi connectivity index (χ4v) is 2.31. The zero-order chi connectivity index (χ0) is 14.4. The molecular weight excluding hydrogens is 331 g/mol. The second-order valence-electron chi connectivity index (χ2n) is 4.74. The molecular formula is C14H19N3O2Y-2. The van der Waals surface area contributed by atoms with E-state index in [1.807, 2.05) is 0 Å². The van der Waals surface area contributed by atoms with E-state index in [-0.39, 0.29) is 55.7 Å². The molecule has 2 N–H and O–H groups in total. The number of nitrogens with zero attached hydrogens (tertiary/aromatic N) is 1. The van der Waals surface area contributed by atoms with Crippen molar-refractivity contribution < 1.29 is 42.3 Å². The number of amides is 1. The average molecular weight is 350 g/mol. The molecule has 20 heavy (non-hydrogen) atoms. The van der Waals surface area contributed by atoms with Gasteiger partial charge in [-0.3, -0.25) is 9.59 Å². The molecule has 0 aromatic carbocycles. The topological polar surface area (TPSA) is 92.3 Å². The van der Waals surface area contributed by atoms with Crippen molar-refractivity contribution in [2.75, 3.05) is 0 Å². The number of allylic oxidation sites excluding steroid dienone is 2. The summed E-state index contributed by atoms with van der Waals surface area (Å²) in [6.07, 6.45) is 5.69. The van der Waals surface area contributed by atoms with E-state index < -0.39 is 5.91 Å². The molecule has 0 spiro atoms. The number of carbonyl (C=O) groups is 2. The van der Waals surface area contributed by atoms with E-state index in [0.717, 1.165) is 38.1 Å². The molecule has 1 aliphatic carbocycles. The van der Waals surface area contributed by atoms with Crippen molar-refractivity contribution in [2.24, 2.45) is 0 Å². The summed E-state index contributed by atoms with van der Waals surface area (Å²) < 4.78 is 0. The fraction of sp³-hybridized carbons (Fsp3) is 0.500. The van der Waals surface area contributed by atoms with E-state index >= 15 is 0 Å². The minimum atomic E-state index is -0.418. The number of ketones is 1. The predicted molar refractivity (Wildman–Crippen MR) is 75.6 cm³/mol. The van der Waals surface area contributed by atoms with Gasteiger partial charge in [0.2, 0.25) is 0 Å². The first kappa shape index (κ1) is 19.2. The smallest absolute Gasteiger partial charge is 0.255 e.